The van der Waals surface area contributed by atoms with Crippen LogP contribution >= 0.6 is 0 Å². The molecule has 0 fully saturated rings. The molecule has 0 radical (unpaired) electrons. The van der Waals surface area contributed by atoms with E-state index in [4.69, 9.17) is 0 Å². The second-order valence-corrected chi connectivity index (χ2v) is 7.71. The molecule has 2 N–H and O–H groups in total. The van der Waals surface area contributed by atoms with Gasteiger partial charge in [-0.1, -0.05) is 20.8 Å². The summed E-state index contributed by atoms with van der Waals surface area (Å²) >= 11 is 0. The Bertz CT molecular complexity index is 788. The van der Waals surface area contributed by atoms with Crippen LogP contribution in [0.2, 0.25) is 0 Å². The van der Waals surface area contributed by atoms with Gasteiger partial charge < -0.3 is 10.4 Å². The lowest BCUT2D eigenvalue weighted by Gasteiger charge is -2.21. The van der Waals surface area contributed by atoms with Gasteiger partial charge in [0.05, 0.1) is 11.3 Å². The number of carbonyl (C=O) groups excluding carboxylic acids is 1. The van der Waals surface area contributed by atoms with Crippen LogP contribution in [0.25, 0.3) is 5.82 Å². The van der Waals surface area contributed by atoms with Crippen molar-refractivity contribution < 1.29 is 14.7 Å². The molecule has 1 unspecified atom stereocenters. The Kier molecular flexibility index (Phi) is 5.79. The SMILES string of the molecule is Cc1cc(C)n(-c2ccc(C(=O)NC(CCC(C)(C)C)C(=O)O)cn2)n1. The molecule has 0 aromatic carbocycles. The van der Waals surface area contributed by atoms with Crippen molar-refractivity contribution in [1.29, 1.82) is 0 Å². The number of nitrogens with zero attached hydrogens (tertiary/aromatic N) is 3. The van der Waals surface area contributed by atoms with Gasteiger partial charge in [0.1, 0.15) is 6.04 Å². The van der Waals surface area contributed by atoms with Crippen LogP contribution in [0.15, 0.2) is 24.4 Å². The van der Waals surface area contributed by atoms with E-state index >= 15 is 0 Å². The summed E-state index contributed by atoms with van der Waals surface area (Å²) in [5.41, 5.74) is 2.15. The average molecular weight is 358 g/mol. The van der Waals surface area contributed by atoms with E-state index in [1.165, 1.54) is 6.20 Å². The molecule has 0 aliphatic carbocycles. The number of nitrogens with one attached hydrogen (secondary N) is 1. The predicted molar refractivity (Wildman–Crippen MR) is 98.4 cm³/mol. The molecule has 2 rings (SSSR count). The molecule has 1 amide bonds. The van der Waals surface area contributed by atoms with Gasteiger partial charge in [0.25, 0.3) is 5.91 Å². The zero-order valence-corrected chi connectivity index (χ0v) is 15.9. The number of hydrogen-bond donors (Lipinski definition) is 2. The number of aryl methyl sites for hydroxylation is 2. The van der Waals surface area contributed by atoms with Crippen LogP contribution in [0, 0.1) is 19.3 Å². The van der Waals surface area contributed by atoms with Crippen LogP contribution in [0.4, 0.5) is 0 Å². The second-order valence-electron chi connectivity index (χ2n) is 7.71. The summed E-state index contributed by atoms with van der Waals surface area (Å²) < 4.78 is 1.69. The van der Waals surface area contributed by atoms with Gasteiger partial charge in [-0.3, -0.25) is 4.79 Å². The lowest BCUT2D eigenvalue weighted by molar-refractivity contribution is -0.139. The molecule has 2 aromatic rings. The highest BCUT2D eigenvalue weighted by molar-refractivity contribution is 5.96. The number of aromatic nitrogens is 3. The number of carboxylic acid groups (broad SMARTS) is 1. The number of aliphatic carboxylic acids is 1. The monoisotopic (exact) mass is 358 g/mol. The first kappa shape index (κ1) is 19.6. The summed E-state index contributed by atoms with van der Waals surface area (Å²) in [6.07, 6.45) is 2.50. The summed E-state index contributed by atoms with van der Waals surface area (Å²) in [6.45, 7) is 9.93. The van der Waals surface area contributed by atoms with Gasteiger partial charge >= 0.3 is 5.97 Å². The van der Waals surface area contributed by atoms with Crippen LogP contribution in [-0.4, -0.2) is 37.8 Å². The number of amides is 1. The minimum atomic E-state index is -1.03. The van der Waals surface area contributed by atoms with Gasteiger partial charge in [-0.15, -0.1) is 0 Å². The van der Waals surface area contributed by atoms with Crippen molar-refractivity contribution in [3.05, 3.63) is 41.3 Å². The number of rotatable bonds is 6. The first-order chi connectivity index (χ1) is 12.1. The van der Waals surface area contributed by atoms with Gasteiger partial charge in [-0.25, -0.2) is 14.5 Å². The number of pyridine rings is 1. The first-order valence-electron chi connectivity index (χ1n) is 8.60. The zero-order chi connectivity index (χ0) is 19.5. The van der Waals surface area contributed by atoms with Crippen molar-refractivity contribution in [1.82, 2.24) is 20.1 Å². The minimum absolute atomic E-state index is 0.00138. The molecular weight excluding hydrogens is 332 g/mol. The lowest BCUT2D eigenvalue weighted by Crippen LogP contribution is -2.41. The van der Waals surface area contributed by atoms with Crippen molar-refractivity contribution in [3.8, 4) is 5.82 Å². The molecule has 140 valence electrons. The van der Waals surface area contributed by atoms with Crippen molar-refractivity contribution in [2.75, 3.05) is 0 Å². The maximum Gasteiger partial charge on any atom is 0.326 e. The predicted octanol–water partition coefficient (Wildman–Crippen LogP) is 2.89. The van der Waals surface area contributed by atoms with E-state index in [2.05, 4.69) is 15.4 Å². The number of hydrogen-bond acceptors (Lipinski definition) is 4. The van der Waals surface area contributed by atoms with E-state index in [9.17, 15) is 14.7 Å². The average Bonchev–Trinajstić information content (AvgIpc) is 2.88. The van der Waals surface area contributed by atoms with Gasteiger partial charge in [-0.05, 0) is 50.3 Å². The summed E-state index contributed by atoms with van der Waals surface area (Å²) in [5, 5.41) is 16.3. The van der Waals surface area contributed by atoms with E-state index in [0.29, 0.717) is 24.2 Å². The Balaban J connectivity index is 2.08. The Hall–Kier alpha value is -2.70. The smallest absolute Gasteiger partial charge is 0.326 e. The fourth-order valence-corrected chi connectivity index (χ4v) is 2.58. The van der Waals surface area contributed by atoms with Crippen LogP contribution in [0.5, 0.6) is 0 Å². The third-order valence-corrected chi connectivity index (χ3v) is 4.02. The molecule has 0 saturated heterocycles. The molecule has 7 heteroatoms. The van der Waals surface area contributed by atoms with Crippen LogP contribution in [0.1, 0.15) is 55.4 Å². The first-order valence-corrected chi connectivity index (χ1v) is 8.60. The highest BCUT2D eigenvalue weighted by Gasteiger charge is 2.23. The van der Waals surface area contributed by atoms with Crippen molar-refractivity contribution in [3.63, 3.8) is 0 Å². The maximum atomic E-state index is 12.4. The molecule has 0 bridgehead atoms. The van der Waals surface area contributed by atoms with E-state index in [1.807, 2.05) is 40.7 Å². The van der Waals surface area contributed by atoms with Crippen molar-refractivity contribution >= 4 is 11.9 Å². The van der Waals surface area contributed by atoms with E-state index in [1.54, 1.807) is 16.8 Å². The number of carboxylic acids is 1. The largest absolute Gasteiger partial charge is 0.480 e. The molecule has 0 aliphatic heterocycles. The van der Waals surface area contributed by atoms with E-state index < -0.39 is 17.9 Å². The highest BCUT2D eigenvalue weighted by Crippen LogP contribution is 2.21. The molecule has 2 aromatic heterocycles. The lowest BCUT2D eigenvalue weighted by atomic mass is 9.88. The van der Waals surface area contributed by atoms with E-state index in [-0.39, 0.29) is 5.41 Å². The molecule has 26 heavy (non-hydrogen) atoms. The van der Waals surface area contributed by atoms with Crippen molar-refractivity contribution in [2.45, 2.75) is 53.5 Å². The number of carbonyl (C=O) groups is 2. The van der Waals surface area contributed by atoms with Gasteiger partial charge in [0.15, 0.2) is 5.82 Å². The Morgan fingerprint density at radius 2 is 1.96 bits per heavy atom. The Morgan fingerprint density at radius 3 is 2.42 bits per heavy atom. The third-order valence-electron chi connectivity index (χ3n) is 4.02. The summed E-state index contributed by atoms with van der Waals surface area (Å²) in [6, 6.07) is 4.34. The van der Waals surface area contributed by atoms with Gasteiger partial charge in [-0.2, -0.15) is 5.10 Å². The van der Waals surface area contributed by atoms with Crippen LogP contribution in [-0.2, 0) is 4.79 Å². The Morgan fingerprint density at radius 1 is 1.27 bits per heavy atom. The van der Waals surface area contributed by atoms with Crippen LogP contribution in [0.3, 0.4) is 0 Å². The van der Waals surface area contributed by atoms with Crippen LogP contribution < -0.4 is 5.32 Å². The minimum Gasteiger partial charge on any atom is -0.480 e. The summed E-state index contributed by atoms with van der Waals surface area (Å²) in [7, 11) is 0. The molecule has 0 saturated carbocycles. The molecule has 0 aliphatic rings. The van der Waals surface area contributed by atoms with Crippen molar-refractivity contribution in [2.24, 2.45) is 5.41 Å². The third kappa shape index (κ3) is 5.15. The molecule has 2 heterocycles. The standard InChI is InChI=1S/C19H26N4O3/c1-12-10-13(2)23(22-12)16-7-6-14(11-20-16)17(24)21-15(18(25)26)8-9-19(3,4)5/h6-7,10-11,15H,8-9H2,1-5H3,(H,21,24)(H,25,26). The topological polar surface area (TPSA) is 97.1 Å². The maximum absolute atomic E-state index is 12.4. The normalized spacial score (nSPS) is 12.7. The quantitative estimate of drug-likeness (QED) is 0.827. The second kappa shape index (κ2) is 7.68. The molecule has 1 atom stereocenters. The van der Waals surface area contributed by atoms with E-state index in [0.717, 1.165) is 11.4 Å². The zero-order valence-electron chi connectivity index (χ0n) is 15.9. The van der Waals surface area contributed by atoms with Gasteiger partial charge in [0.2, 0.25) is 0 Å². The Labute approximate surface area is 153 Å². The molecule has 7 nitrogen and oxygen atoms in total. The summed E-state index contributed by atoms with van der Waals surface area (Å²) in [5.74, 6) is -0.872. The summed E-state index contributed by atoms with van der Waals surface area (Å²) in [4.78, 5) is 28.1. The van der Waals surface area contributed by atoms with Gasteiger partial charge in [0, 0.05) is 11.9 Å². The fourth-order valence-electron chi connectivity index (χ4n) is 2.58. The fraction of sp³-hybridized carbons (Fsp3) is 0.474. The molecular formula is C19H26N4O3. The molecule has 0 spiro atoms. The highest BCUT2D eigenvalue weighted by atomic mass is 16.4.